The van der Waals surface area contributed by atoms with Crippen molar-refractivity contribution < 1.29 is 9.47 Å². The van der Waals surface area contributed by atoms with Gasteiger partial charge in [0, 0.05) is 6.61 Å². The highest BCUT2D eigenvalue weighted by molar-refractivity contribution is 5.48. The Bertz CT molecular complexity index is 280. The van der Waals surface area contributed by atoms with Crippen molar-refractivity contribution in [2.45, 2.75) is 20.1 Å². The third-order valence-corrected chi connectivity index (χ3v) is 1.94. The van der Waals surface area contributed by atoms with E-state index in [9.17, 15) is 0 Å². The van der Waals surface area contributed by atoms with Crippen LogP contribution in [0.1, 0.15) is 19.4 Å². The summed E-state index contributed by atoms with van der Waals surface area (Å²) in [5.74, 6) is 0. The van der Waals surface area contributed by atoms with E-state index in [1.165, 1.54) is 5.56 Å². The van der Waals surface area contributed by atoms with E-state index in [2.05, 4.69) is 12.1 Å². The highest BCUT2D eigenvalue weighted by atomic mass is 16.7. The lowest BCUT2D eigenvalue weighted by atomic mass is 10.2. The summed E-state index contributed by atoms with van der Waals surface area (Å²) in [5, 5.41) is 0. The Morgan fingerprint density at radius 1 is 1.20 bits per heavy atom. The maximum absolute atomic E-state index is 5.40. The Kier molecular flexibility index (Phi) is 5.74. The van der Waals surface area contributed by atoms with Gasteiger partial charge in [-0.2, -0.15) is 0 Å². The van der Waals surface area contributed by atoms with Crippen LogP contribution in [-0.4, -0.2) is 19.5 Å². The molecule has 0 aliphatic carbocycles. The van der Waals surface area contributed by atoms with E-state index in [0.717, 1.165) is 0 Å². The lowest BCUT2D eigenvalue weighted by Gasteiger charge is -2.10. The Labute approximate surface area is 91.5 Å². The first-order valence-electron chi connectivity index (χ1n) is 5.27. The van der Waals surface area contributed by atoms with Gasteiger partial charge in [-0.05, 0) is 19.4 Å². The first kappa shape index (κ1) is 12.0. The Morgan fingerprint density at radius 3 is 2.60 bits per heavy atom. The largest absolute Gasteiger partial charge is 0.353 e. The van der Waals surface area contributed by atoms with Crippen molar-refractivity contribution in [3.8, 4) is 0 Å². The van der Waals surface area contributed by atoms with Crippen molar-refractivity contribution in [1.82, 2.24) is 0 Å². The normalized spacial score (nSPS) is 13.2. The minimum Gasteiger partial charge on any atom is -0.353 e. The van der Waals surface area contributed by atoms with Gasteiger partial charge in [-0.15, -0.1) is 0 Å². The quantitative estimate of drug-likeness (QED) is 0.666. The predicted molar refractivity (Wildman–Crippen MR) is 62.5 cm³/mol. The van der Waals surface area contributed by atoms with Crippen LogP contribution in [0.3, 0.4) is 0 Å². The number of rotatable bonds is 6. The summed E-state index contributed by atoms with van der Waals surface area (Å²) in [6, 6.07) is 10.2. The van der Waals surface area contributed by atoms with Crippen LogP contribution in [0.25, 0.3) is 6.08 Å². The van der Waals surface area contributed by atoms with Crippen molar-refractivity contribution in [1.29, 1.82) is 0 Å². The van der Waals surface area contributed by atoms with Gasteiger partial charge in [0.1, 0.15) is 0 Å². The molecule has 0 aliphatic heterocycles. The molecular weight excluding hydrogens is 188 g/mol. The summed E-state index contributed by atoms with van der Waals surface area (Å²) < 4.78 is 10.6. The zero-order chi connectivity index (χ0) is 10.9. The molecule has 0 aliphatic rings. The second-order valence-corrected chi connectivity index (χ2v) is 3.17. The minimum atomic E-state index is -0.129. The van der Waals surface area contributed by atoms with Gasteiger partial charge in [-0.25, -0.2) is 0 Å². The molecule has 0 bridgehead atoms. The van der Waals surface area contributed by atoms with E-state index in [-0.39, 0.29) is 6.29 Å². The summed E-state index contributed by atoms with van der Waals surface area (Å²) in [6.07, 6.45) is 3.90. The van der Waals surface area contributed by atoms with Crippen molar-refractivity contribution in [3.05, 3.63) is 42.0 Å². The number of ether oxygens (including phenoxy) is 2. The molecule has 1 aromatic carbocycles. The standard InChI is InChI=1S/C13H18O2/c1-3-14-12(2)15-11-7-10-13-8-5-4-6-9-13/h4-10,12H,3,11H2,1-2H3/b10-7+/t12-/m0/s1. The van der Waals surface area contributed by atoms with Crippen molar-refractivity contribution in [2.75, 3.05) is 13.2 Å². The first-order valence-corrected chi connectivity index (χ1v) is 5.27. The summed E-state index contributed by atoms with van der Waals surface area (Å²) in [7, 11) is 0. The van der Waals surface area contributed by atoms with Crippen molar-refractivity contribution in [2.24, 2.45) is 0 Å². The van der Waals surface area contributed by atoms with Gasteiger partial charge in [0.25, 0.3) is 0 Å². The van der Waals surface area contributed by atoms with Crippen molar-refractivity contribution >= 4 is 6.08 Å². The van der Waals surface area contributed by atoms with Crippen LogP contribution < -0.4 is 0 Å². The number of benzene rings is 1. The molecule has 0 saturated carbocycles. The Hall–Kier alpha value is -1.12. The van der Waals surface area contributed by atoms with Gasteiger partial charge in [0.2, 0.25) is 0 Å². The van der Waals surface area contributed by atoms with E-state index >= 15 is 0 Å². The Balaban J connectivity index is 2.23. The molecule has 0 fully saturated rings. The molecule has 82 valence electrons. The van der Waals surface area contributed by atoms with Crippen LogP contribution in [0.15, 0.2) is 36.4 Å². The zero-order valence-corrected chi connectivity index (χ0v) is 9.35. The van der Waals surface area contributed by atoms with E-state index in [0.29, 0.717) is 13.2 Å². The summed E-state index contributed by atoms with van der Waals surface area (Å²) in [5.41, 5.74) is 1.19. The topological polar surface area (TPSA) is 18.5 Å². The fraction of sp³-hybridized carbons (Fsp3) is 0.385. The van der Waals surface area contributed by atoms with Crippen LogP contribution >= 0.6 is 0 Å². The summed E-state index contributed by atoms with van der Waals surface area (Å²) in [4.78, 5) is 0. The van der Waals surface area contributed by atoms with Gasteiger partial charge in [0.05, 0.1) is 6.61 Å². The molecule has 0 spiro atoms. The molecule has 0 heterocycles. The molecule has 0 aromatic heterocycles. The fourth-order valence-corrected chi connectivity index (χ4v) is 1.22. The second-order valence-electron chi connectivity index (χ2n) is 3.17. The molecule has 1 rings (SSSR count). The molecular formula is C13H18O2. The average Bonchev–Trinajstić information content (AvgIpc) is 2.26. The number of hydrogen-bond donors (Lipinski definition) is 0. The summed E-state index contributed by atoms with van der Waals surface area (Å²) in [6.45, 7) is 5.12. The van der Waals surface area contributed by atoms with Crippen LogP contribution in [0, 0.1) is 0 Å². The molecule has 15 heavy (non-hydrogen) atoms. The predicted octanol–water partition coefficient (Wildman–Crippen LogP) is 3.10. The Morgan fingerprint density at radius 2 is 1.93 bits per heavy atom. The monoisotopic (exact) mass is 206 g/mol. The van der Waals surface area contributed by atoms with Gasteiger partial charge in [0.15, 0.2) is 6.29 Å². The third kappa shape index (κ3) is 5.35. The molecule has 0 saturated heterocycles. The lowest BCUT2D eigenvalue weighted by molar-refractivity contribution is -0.118. The van der Waals surface area contributed by atoms with Crippen molar-refractivity contribution in [3.63, 3.8) is 0 Å². The van der Waals surface area contributed by atoms with E-state index in [4.69, 9.17) is 9.47 Å². The summed E-state index contributed by atoms with van der Waals surface area (Å²) >= 11 is 0. The molecule has 0 N–H and O–H groups in total. The minimum absolute atomic E-state index is 0.129. The van der Waals surface area contributed by atoms with Crippen LogP contribution in [0.5, 0.6) is 0 Å². The van der Waals surface area contributed by atoms with E-state index in [1.54, 1.807) is 0 Å². The smallest absolute Gasteiger partial charge is 0.155 e. The average molecular weight is 206 g/mol. The maximum Gasteiger partial charge on any atom is 0.155 e. The highest BCUT2D eigenvalue weighted by Crippen LogP contribution is 2.01. The third-order valence-electron chi connectivity index (χ3n) is 1.94. The lowest BCUT2D eigenvalue weighted by Crippen LogP contribution is -2.12. The second kappa shape index (κ2) is 7.21. The van der Waals surface area contributed by atoms with E-state index < -0.39 is 0 Å². The van der Waals surface area contributed by atoms with Gasteiger partial charge >= 0.3 is 0 Å². The number of hydrogen-bond acceptors (Lipinski definition) is 2. The van der Waals surface area contributed by atoms with E-state index in [1.807, 2.05) is 44.2 Å². The maximum atomic E-state index is 5.40. The molecule has 0 radical (unpaired) electrons. The van der Waals surface area contributed by atoms with Crippen LogP contribution in [0.2, 0.25) is 0 Å². The van der Waals surface area contributed by atoms with Crippen LogP contribution in [0.4, 0.5) is 0 Å². The zero-order valence-electron chi connectivity index (χ0n) is 9.35. The molecule has 1 atom stereocenters. The highest BCUT2D eigenvalue weighted by Gasteiger charge is 1.96. The van der Waals surface area contributed by atoms with Gasteiger partial charge < -0.3 is 9.47 Å². The van der Waals surface area contributed by atoms with Crippen LogP contribution in [-0.2, 0) is 9.47 Å². The molecule has 1 aromatic rings. The fourth-order valence-electron chi connectivity index (χ4n) is 1.22. The van der Waals surface area contributed by atoms with Gasteiger partial charge in [-0.3, -0.25) is 0 Å². The molecule has 2 nitrogen and oxygen atoms in total. The SMILES string of the molecule is CCO[C@H](C)OC/C=C/c1ccccc1. The molecule has 0 amide bonds. The first-order chi connectivity index (χ1) is 7.33. The van der Waals surface area contributed by atoms with Gasteiger partial charge in [-0.1, -0.05) is 42.5 Å². The molecule has 2 heteroatoms. The molecule has 0 unspecified atom stereocenters.